The van der Waals surface area contributed by atoms with E-state index in [0.29, 0.717) is 0 Å². The van der Waals surface area contributed by atoms with Gasteiger partial charge in [-0.15, -0.1) is 0 Å². The van der Waals surface area contributed by atoms with E-state index in [1.807, 2.05) is 0 Å². The van der Waals surface area contributed by atoms with Crippen LogP contribution in [0, 0.1) is 0 Å². The molecule has 0 saturated heterocycles. The first-order chi connectivity index (χ1) is 8.31. The highest BCUT2D eigenvalue weighted by atomic mass is 14.9. The molecular formula is C15H20N2+2. The molecule has 0 atom stereocenters. The van der Waals surface area contributed by atoms with E-state index in [1.165, 1.54) is 11.1 Å². The largest absolute Gasteiger partial charge is 0.205 e. The molecule has 2 aromatic heterocycles. The van der Waals surface area contributed by atoms with Crippen LogP contribution in [-0.2, 0) is 19.5 Å². The van der Waals surface area contributed by atoms with Crippen molar-refractivity contribution in [3.63, 3.8) is 0 Å². The first-order valence-corrected chi connectivity index (χ1v) is 6.27. The fraction of sp³-hybridized carbons (Fsp3) is 0.333. The van der Waals surface area contributed by atoms with Gasteiger partial charge in [0.25, 0.3) is 0 Å². The predicted octanol–water partition coefficient (Wildman–Crippen LogP) is 1.89. The molecule has 2 heteroatoms. The summed E-state index contributed by atoms with van der Waals surface area (Å²) in [7, 11) is 0. The minimum Gasteiger partial charge on any atom is -0.205 e. The number of hydrogen-bond donors (Lipinski definition) is 0. The highest BCUT2D eigenvalue weighted by molar-refractivity contribution is 5.20. The number of aryl methyl sites for hydroxylation is 2. The molecule has 2 heterocycles. The Bertz CT molecular complexity index is 412. The Morgan fingerprint density at radius 2 is 1.06 bits per heavy atom. The second kappa shape index (κ2) is 5.58. The van der Waals surface area contributed by atoms with Gasteiger partial charge in [-0.25, -0.2) is 9.13 Å². The monoisotopic (exact) mass is 228 g/mol. The van der Waals surface area contributed by atoms with E-state index in [9.17, 15) is 0 Å². The van der Waals surface area contributed by atoms with Gasteiger partial charge in [-0.3, -0.25) is 0 Å². The lowest BCUT2D eigenvalue weighted by Crippen LogP contribution is -2.31. The van der Waals surface area contributed by atoms with Crippen molar-refractivity contribution in [2.75, 3.05) is 0 Å². The van der Waals surface area contributed by atoms with Crippen LogP contribution < -0.4 is 9.13 Å². The van der Waals surface area contributed by atoms with E-state index in [2.05, 4.69) is 72.0 Å². The number of aromatic nitrogens is 2. The van der Waals surface area contributed by atoms with Crippen molar-refractivity contribution in [3.05, 3.63) is 60.2 Å². The zero-order valence-corrected chi connectivity index (χ0v) is 10.6. The van der Waals surface area contributed by atoms with Crippen LogP contribution in [0.1, 0.15) is 25.0 Å². The van der Waals surface area contributed by atoms with Crippen LogP contribution in [0.3, 0.4) is 0 Å². The molecule has 0 aliphatic heterocycles. The molecule has 0 bridgehead atoms. The average molecular weight is 228 g/mol. The Kier molecular flexibility index (Phi) is 3.86. The van der Waals surface area contributed by atoms with Crippen molar-refractivity contribution in [1.29, 1.82) is 0 Å². The lowest BCUT2D eigenvalue weighted by Gasteiger charge is -2.00. The van der Waals surface area contributed by atoms with E-state index < -0.39 is 0 Å². The molecular weight excluding hydrogens is 208 g/mol. The molecule has 0 aliphatic rings. The smallest absolute Gasteiger partial charge is 0.169 e. The SMILES string of the molecule is CC[n+]1ccc(Cc2cc[n+](CC)cc2)cc1. The van der Waals surface area contributed by atoms with Crippen molar-refractivity contribution in [2.45, 2.75) is 33.4 Å². The van der Waals surface area contributed by atoms with Crippen molar-refractivity contribution < 1.29 is 9.13 Å². The molecule has 17 heavy (non-hydrogen) atoms. The zero-order valence-electron chi connectivity index (χ0n) is 10.6. The summed E-state index contributed by atoms with van der Waals surface area (Å²) in [5.74, 6) is 0. The van der Waals surface area contributed by atoms with Crippen molar-refractivity contribution in [2.24, 2.45) is 0 Å². The first-order valence-electron chi connectivity index (χ1n) is 6.27. The summed E-state index contributed by atoms with van der Waals surface area (Å²) in [4.78, 5) is 0. The lowest BCUT2D eigenvalue weighted by molar-refractivity contribution is -0.693. The predicted molar refractivity (Wildman–Crippen MR) is 67.4 cm³/mol. The summed E-state index contributed by atoms with van der Waals surface area (Å²) in [6.07, 6.45) is 9.58. The van der Waals surface area contributed by atoms with Gasteiger partial charge < -0.3 is 0 Å². The summed E-state index contributed by atoms with van der Waals surface area (Å²) in [6.45, 7) is 6.37. The van der Waals surface area contributed by atoms with E-state index in [0.717, 1.165) is 19.5 Å². The third kappa shape index (κ3) is 3.13. The molecule has 0 aliphatic carbocycles. The van der Waals surface area contributed by atoms with Crippen LogP contribution >= 0.6 is 0 Å². The maximum Gasteiger partial charge on any atom is 0.169 e. The Hall–Kier alpha value is -1.70. The van der Waals surface area contributed by atoms with Gasteiger partial charge in [-0.2, -0.15) is 0 Å². The van der Waals surface area contributed by atoms with Gasteiger partial charge in [-0.05, 0) is 31.4 Å². The van der Waals surface area contributed by atoms with Gasteiger partial charge in [0, 0.05) is 24.3 Å². The third-order valence-corrected chi connectivity index (χ3v) is 3.06. The fourth-order valence-corrected chi connectivity index (χ4v) is 1.87. The minimum absolute atomic E-state index is 1.01. The minimum atomic E-state index is 1.01. The lowest BCUT2D eigenvalue weighted by atomic mass is 10.1. The summed E-state index contributed by atoms with van der Waals surface area (Å²) in [5.41, 5.74) is 2.73. The van der Waals surface area contributed by atoms with Crippen LogP contribution in [0.25, 0.3) is 0 Å². The van der Waals surface area contributed by atoms with Crippen LogP contribution in [0.15, 0.2) is 49.1 Å². The molecule has 0 N–H and O–H groups in total. The van der Waals surface area contributed by atoms with Crippen LogP contribution in [-0.4, -0.2) is 0 Å². The van der Waals surface area contributed by atoms with Gasteiger partial charge in [-0.1, -0.05) is 0 Å². The first kappa shape index (κ1) is 11.8. The molecule has 2 aromatic rings. The molecule has 0 spiro atoms. The Morgan fingerprint density at radius 3 is 1.35 bits per heavy atom. The van der Waals surface area contributed by atoms with Crippen LogP contribution in [0.5, 0.6) is 0 Å². The maximum atomic E-state index is 2.20. The highest BCUT2D eigenvalue weighted by Crippen LogP contribution is 2.05. The van der Waals surface area contributed by atoms with Crippen LogP contribution in [0.2, 0.25) is 0 Å². The second-order valence-electron chi connectivity index (χ2n) is 4.25. The molecule has 2 nitrogen and oxygen atoms in total. The normalized spacial score (nSPS) is 10.5. The molecule has 0 saturated carbocycles. The summed E-state index contributed by atoms with van der Waals surface area (Å²) in [5, 5.41) is 0. The van der Waals surface area contributed by atoms with E-state index in [1.54, 1.807) is 0 Å². The number of rotatable bonds is 4. The Labute approximate surface area is 103 Å². The van der Waals surface area contributed by atoms with E-state index >= 15 is 0 Å². The molecule has 2 rings (SSSR count). The van der Waals surface area contributed by atoms with Gasteiger partial charge in [0.1, 0.15) is 13.1 Å². The molecule has 0 aromatic carbocycles. The van der Waals surface area contributed by atoms with Crippen molar-refractivity contribution in [3.8, 4) is 0 Å². The summed E-state index contributed by atoms with van der Waals surface area (Å²) in [6, 6.07) is 8.80. The quantitative estimate of drug-likeness (QED) is 0.706. The van der Waals surface area contributed by atoms with Gasteiger partial charge >= 0.3 is 0 Å². The maximum absolute atomic E-state index is 2.20. The molecule has 0 unspecified atom stereocenters. The standard InChI is InChI=1S/C15H20N2/c1-3-16-9-5-14(6-10-16)13-15-7-11-17(4-2)12-8-15/h5-12H,3-4,13H2,1-2H3/q+2. The fourth-order valence-electron chi connectivity index (χ4n) is 1.87. The molecule has 0 radical (unpaired) electrons. The van der Waals surface area contributed by atoms with Gasteiger partial charge in [0.05, 0.1) is 0 Å². The van der Waals surface area contributed by atoms with Crippen molar-refractivity contribution in [1.82, 2.24) is 0 Å². The van der Waals surface area contributed by atoms with E-state index in [4.69, 9.17) is 0 Å². The number of pyridine rings is 2. The summed E-state index contributed by atoms with van der Waals surface area (Å²) >= 11 is 0. The Balaban J connectivity index is 2.08. The van der Waals surface area contributed by atoms with E-state index in [-0.39, 0.29) is 0 Å². The molecule has 0 fully saturated rings. The number of nitrogens with zero attached hydrogens (tertiary/aromatic N) is 2. The molecule has 88 valence electrons. The highest BCUT2D eigenvalue weighted by Gasteiger charge is 2.02. The van der Waals surface area contributed by atoms with Crippen LogP contribution in [0.4, 0.5) is 0 Å². The molecule has 0 amide bonds. The average Bonchev–Trinajstić information content (AvgIpc) is 2.40. The Morgan fingerprint density at radius 1 is 0.706 bits per heavy atom. The third-order valence-electron chi connectivity index (χ3n) is 3.06. The zero-order chi connectivity index (χ0) is 12.1. The van der Waals surface area contributed by atoms with Gasteiger partial charge in [0.2, 0.25) is 0 Å². The number of hydrogen-bond acceptors (Lipinski definition) is 0. The van der Waals surface area contributed by atoms with Crippen molar-refractivity contribution >= 4 is 0 Å². The topological polar surface area (TPSA) is 7.76 Å². The van der Waals surface area contributed by atoms with Gasteiger partial charge in [0.15, 0.2) is 24.8 Å². The summed E-state index contributed by atoms with van der Waals surface area (Å²) < 4.78 is 4.36. The second-order valence-corrected chi connectivity index (χ2v) is 4.25.